The van der Waals surface area contributed by atoms with Crippen molar-refractivity contribution >= 4 is 12.4 Å². The number of ether oxygens (including phenoxy) is 1. The number of aryl methyl sites for hydroxylation is 1. The average Bonchev–Trinajstić information content (AvgIpc) is 2.31. The van der Waals surface area contributed by atoms with Crippen LogP contribution in [0.4, 0.5) is 0 Å². The van der Waals surface area contributed by atoms with Crippen molar-refractivity contribution in [1.29, 1.82) is 0 Å². The molecule has 3 heteroatoms. The van der Waals surface area contributed by atoms with Gasteiger partial charge in [-0.05, 0) is 37.4 Å². The highest BCUT2D eigenvalue weighted by atomic mass is 35.5. The number of rotatable bonds is 3. The van der Waals surface area contributed by atoms with Crippen LogP contribution in [0.5, 0.6) is 5.75 Å². The Morgan fingerprint density at radius 1 is 1.38 bits per heavy atom. The summed E-state index contributed by atoms with van der Waals surface area (Å²) < 4.78 is 6.01. The molecule has 90 valence electrons. The van der Waals surface area contributed by atoms with E-state index in [1.165, 1.54) is 18.4 Å². The third kappa shape index (κ3) is 3.39. The van der Waals surface area contributed by atoms with E-state index in [0.717, 1.165) is 25.3 Å². The lowest BCUT2D eigenvalue weighted by Crippen LogP contribution is -2.37. The molecule has 1 aliphatic heterocycles. The molecule has 1 aliphatic rings. The summed E-state index contributed by atoms with van der Waals surface area (Å²) in [6, 6.07) is 8.34. The fourth-order valence-electron chi connectivity index (χ4n) is 2.01. The summed E-state index contributed by atoms with van der Waals surface area (Å²) in [5, 5.41) is 3.37. The molecule has 1 aromatic rings. The van der Waals surface area contributed by atoms with Gasteiger partial charge in [-0.3, -0.25) is 0 Å². The van der Waals surface area contributed by atoms with Crippen molar-refractivity contribution in [3.8, 4) is 5.75 Å². The Kier molecular flexibility index (Phi) is 5.64. The van der Waals surface area contributed by atoms with Crippen molar-refractivity contribution in [3.05, 3.63) is 29.8 Å². The Balaban J connectivity index is 0.00000128. The smallest absolute Gasteiger partial charge is 0.122 e. The SMILES string of the molecule is CCc1ccccc1OC1CCCNC1.Cl. The van der Waals surface area contributed by atoms with Crippen LogP contribution in [-0.2, 0) is 6.42 Å². The molecule has 0 radical (unpaired) electrons. The quantitative estimate of drug-likeness (QED) is 0.879. The van der Waals surface area contributed by atoms with Crippen LogP contribution < -0.4 is 10.1 Å². The van der Waals surface area contributed by atoms with E-state index in [4.69, 9.17) is 4.74 Å². The predicted molar refractivity (Wildman–Crippen MR) is 69.6 cm³/mol. The molecule has 0 amide bonds. The molecule has 1 unspecified atom stereocenters. The molecular formula is C13H20ClNO. The number of piperidine rings is 1. The Hall–Kier alpha value is -0.730. The van der Waals surface area contributed by atoms with Gasteiger partial charge in [0.15, 0.2) is 0 Å². The van der Waals surface area contributed by atoms with Gasteiger partial charge in [-0.25, -0.2) is 0 Å². The van der Waals surface area contributed by atoms with E-state index in [-0.39, 0.29) is 12.4 Å². The Bertz CT molecular complexity index is 311. The third-order valence-electron chi connectivity index (χ3n) is 2.90. The maximum atomic E-state index is 6.01. The lowest BCUT2D eigenvalue weighted by Gasteiger charge is -2.25. The maximum Gasteiger partial charge on any atom is 0.122 e. The molecule has 1 saturated heterocycles. The highest BCUT2D eigenvalue weighted by molar-refractivity contribution is 5.85. The van der Waals surface area contributed by atoms with Gasteiger partial charge < -0.3 is 10.1 Å². The maximum absolute atomic E-state index is 6.01. The Morgan fingerprint density at radius 2 is 2.19 bits per heavy atom. The van der Waals surface area contributed by atoms with Crippen LogP contribution in [-0.4, -0.2) is 19.2 Å². The van der Waals surface area contributed by atoms with Crippen LogP contribution in [0.2, 0.25) is 0 Å². The number of hydrogen-bond acceptors (Lipinski definition) is 2. The minimum atomic E-state index is 0. The van der Waals surface area contributed by atoms with Crippen molar-refractivity contribution in [3.63, 3.8) is 0 Å². The van der Waals surface area contributed by atoms with Gasteiger partial charge in [0.05, 0.1) is 0 Å². The van der Waals surface area contributed by atoms with Gasteiger partial charge in [0, 0.05) is 6.54 Å². The fraction of sp³-hybridized carbons (Fsp3) is 0.538. The summed E-state index contributed by atoms with van der Waals surface area (Å²) in [7, 11) is 0. The van der Waals surface area contributed by atoms with Crippen LogP contribution in [0, 0.1) is 0 Å². The van der Waals surface area contributed by atoms with Crippen LogP contribution >= 0.6 is 12.4 Å². The van der Waals surface area contributed by atoms with E-state index in [2.05, 4.69) is 30.4 Å². The number of halogens is 1. The van der Waals surface area contributed by atoms with E-state index in [1.807, 2.05) is 6.07 Å². The lowest BCUT2D eigenvalue weighted by molar-refractivity contribution is 0.165. The van der Waals surface area contributed by atoms with Crippen molar-refractivity contribution in [1.82, 2.24) is 5.32 Å². The molecular weight excluding hydrogens is 222 g/mol. The molecule has 1 fully saturated rings. The standard InChI is InChI=1S/C13H19NO.ClH/c1-2-11-6-3-4-8-13(11)15-12-7-5-9-14-10-12;/h3-4,6,8,12,14H,2,5,7,9-10H2,1H3;1H. The predicted octanol–water partition coefficient (Wildman–Crippen LogP) is 2.80. The van der Waals surface area contributed by atoms with Crippen molar-refractivity contribution in [2.45, 2.75) is 32.3 Å². The second-order valence-corrected chi connectivity index (χ2v) is 4.05. The molecule has 0 saturated carbocycles. The summed E-state index contributed by atoms with van der Waals surface area (Å²) in [5.41, 5.74) is 1.31. The molecule has 0 bridgehead atoms. The highest BCUT2D eigenvalue weighted by Gasteiger charge is 2.15. The van der Waals surface area contributed by atoms with Crippen LogP contribution in [0.1, 0.15) is 25.3 Å². The van der Waals surface area contributed by atoms with Crippen LogP contribution in [0.25, 0.3) is 0 Å². The minimum Gasteiger partial charge on any atom is -0.489 e. The zero-order valence-electron chi connectivity index (χ0n) is 9.74. The summed E-state index contributed by atoms with van der Waals surface area (Å²) in [4.78, 5) is 0. The zero-order chi connectivity index (χ0) is 10.5. The number of nitrogens with one attached hydrogen (secondary N) is 1. The molecule has 0 spiro atoms. The van der Waals surface area contributed by atoms with Gasteiger partial charge in [0.2, 0.25) is 0 Å². The molecule has 1 N–H and O–H groups in total. The molecule has 1 heterocycles. The summed E-state index contributed by atoms with van der Waals surface area (Å²) in [6.07, 6.45) is 3.78. The van der Waals surface area contributed by atoms with Gasteiger partial charge in [-0.2, -0.15) is 0 Å². The van der Waals surface area contributed by atoms with Gasteiger partial charge in [-0.15, -0.1) is 12.4 Å². The first-order chi connectivity index (χ1) is 7.40. The summed E-state index contributed by atoms with van der Waals surface area (Å²) in [6.45, 7) is 4.29. The second kappa shape index (κ2) is 6.77. The van der Waals surface area contributed by atoms with Gasteiger partial charge >= 0.3 is 0 Å². The summed E-state index contributed by atoms with van der Waals surface area (Å²) >= 11 is 0. The third-order valence-corrected chi connectivity index (χ3v) is 2.90. The average molecular weight is 242 g/mol. The fourth-order valence-corrected chi connectivity index (χ4v) is 2.01. The molecule has 0 aromatic heterocycles. The molecule has 2 rings (SSSR count). The van der Waals surface area contributed by atoms with E-state index < -0.39 is 0 Å². The van der Waals surface area contributed by atoms with E-state index in [9.17, 15) is 0 Å². The first kappa shape index (κ1) is 13.3. The Labute approximate surface area is 104 Å². The normalized spacial score (nSPS) is 19.9. The molecule has 16 heavy (non-hydrogen) atoms. The molecule has 1 atom stereocenters. The number of hydrogen-bond donors (Lipinski definition) is 1. The van der Waals surface area contributed by atoms with Crippen molar-refractivity contribution in [2.75, 3.05) is 13.1 Å². The topological polar surface area (TPSA) is 21.3 Å². The first-order valence-corrected chi connectivity index (χ1v) is 5.85. The number of para-hydroxylation sites is 1. The van der Waals surface area contributed by atoms with Crippen molar-refractivity contribution in [2.24, 2.45) is 0 Å². The van der Waals surface area contributed by atoms with Crippen LogP contribution in [0.15, 0.2) is 24.3 Å². The lowest BCUT2D eigenvalue weighted by atomic mass is 10.1. The largest absolute Gasteiger partial charge is 0.489 e. The van der Waals surface area contributed by atoms with Crippen molar-refractivity contribution < 1.29 is 4.74 Å². The molecule has 2 nitrogen and oxygen atoms in total. The minimum absolute atomic E-state index is 0. The second-order valence-electron chi connectivity index (χ2n) is 4.05. The van der Waals surface area contributed by atoms with Crippen LogP contribution in [0.3, 0.4) is 0 Å². The van der Waals surface area contributed by atoms with Gasteiger partial charge in [0.1, 0.15) is 11.9 Å². The Morgan fingerprint density at radius 3 is 2.88 bits per heavy atom. The monoisotopic (exact) mass is 241 g/mol. The zero-order valence-corrected chi connectivity index (χ0v) is 10.6. The number of benzene rings is 1. The highest BCUT2D eigenvalue weighted by Crippen LogP contribution is 2.21. The van der Waals surface area contributed by atoms with E-state index in [0.29, 0.717) is 6.10 Å². The van der Waals surface area contributed by atoms with Gasteiger partial charge in [0.25, 0.3) is 0 Å². The van der Waals surface area contributed by atoms with E-state index >= 15 is 0 Å². The first-order valence-electron chi connectivity index (χ1n) is 5.85. The van der Waals surface area contributed by atoms with Gasteiger partial charge in [-0.1, -0.05) is 25.1 Å². The summed E-state index contributed by atoms with van der Waals surface area (Å²) in [5.74, 6) is 1.06. The molecule has 0 aliphatic carbocycles. The van der Waals surface area contributed by atoms with E-state index in [1.54, 1.807) is 0 Å². The molecule has 1 aromatic carbocycles.